The zero-order valence-electron chi connectivity index (χ0n) is 33.4. The monoisotopic (exact) mass is 781 g/mol. The number of nitrogens with zero attached hydrogens (tertiary/aromatic N) is 5. The number of carbonyl (C=O) groups excluding carboxylic acids is 5. The molecule has 302 valence electrons. The summed E-state index contributed by atoms with van der Waals surface area (Å²) < 4.78 is 9.49. The lowest BCUT2D eigenvalue weighted by molar-refractivity contribution is -0.137. The van der Waals surface area contributed by atoms with Crippen LogP contribution in [0, 0.1) is 11.8 Å². The van der Waals surface area contributed by atoms with Crippen LogP contribution >= 0.6 is 0 Å². The van der Waals surface area contributed by atoms with Gasteiger partial charge in [-0.05, 0) is 46.9 Å². The van der Waals surface area contributed by atoms with Crippen molar-refractivity contribution in [3.8, 4) is 33.6 Å². The molecule has 0 bridgehead atoms. The molecule has 57 heavy (non-hydrogen) atoms. The molecule has 6 rings (SSSR count). The van der Waals surface area contributed by atoms with E-state index in [1.54, 1.807) is 27.1 Å². The summed E-state index contributed by atoms with van der Waals surface area (Å²) in [6.45, 7) is 9.82. The minimum atomic E-state index is -0.845. The van der Waals surface area contributed by atoms with Crippen LogP contribution in [0.1, 0.15) is 71.2 Å². The van der Waals surface area contributed by atoms with Gasteiger partial charge in [-0.3, -0.25) is 14.4 Å². The van der Waals surface area contributed by atoms with Gasteiger partial charge < -0.3 is 44.8 Å². The minimum absolute atomic E-state index is 0.0760. The van der Waals surface area contributed by atoms with Crippen LogP contribution in [0.15, 0.2) is 60.9 Å². The van der Waals surface area contributed by atoms with Crippen molar-refractivity contribution < 1.29 is 33.4 Å². The van der Waals surface area contributed by atoms with E-state index in [2.05, 4.69) is 30.6 Å². The summed E-state index contributed by atoms with van der Waals surface area (Å²) in [4.78, 5) is 84.7. The van der Waals surface area contributed by atoms with Gasteiger partial charge >= 0.3 is 12.2 Å². The Morgan fingerprint density at radius 1 is 0.684 bits per heavy atom. The molecule has 2 aromatic heterocycles. The van der Waals surface area contributed by atoms with Crippen LogP contribution in [-0.4, -0.2) is 111 Å². The quantitative estimate of drug-likeness (QED) is 0.157. The molecule has 16 heteroatoms. The molecular weight excluding hydrogens is 731 g/mol. The molecule has 0 spiro atoms. The average molecular weight is 782 g/mol. The number of aromatic amines is 2. The summed E-state index contributed by atoms with van der Waals surface area (Å²) in [5.41, 5.74) is 5.47. The topological polar surface area (TPSA) is 195 Å². The van der Waals surface area contributed by atoms with E-state index in [-0.39, 0.29) is 48.8 Å². The number of alkyl carbamates (subject to hydrolysis) is 2. The van der Waals surface area contributed by atoms with Gasteiger partial charge in [0.15, 0.2) is 0 Å². The van der Waals surface area contributed by atoms with E-state index in [0.717, 1.165) is 46.5 Å². The average Bonchev–Trinajstić information content (AvgIpc) is 4.04. The molecule has 4 N–H and O–H groups in total. The number of imidazole rings is 2. The first-order chi connectivity index (χ1) is 27.3. The molecule has 16 nitrogen and oxygen atoms in total. The summed E-state index contributed by atoms with van der Waals surface area (Å²) >= 11 is 0. The van der Waals surface area contributed by atoms with Crippen molar-refractivity contribution >= 4 is 29.9 Å². The fourth-order valence-corrected chi connectivity index (χ4v) is 7.39. The van der Waals surface area contributed by atoms with Gasteiger partial charge in [-0.1, -0.05) is 76.2 Å². The van der Waals surface area contributed by atoms with E-state index in [1.165, 1.54) is 21.1 Å². The van der Waals surface area contributed by atoms with E-state index in [0.29, 0.717) is 18.2 Å². The Morgan fingerprint density at radius 2 is 1.12 bits per heavy atom. The maximum atomic E-state index is 13.7. The fourth-order valence-electron chi connectivity index (χ4n) is 7.39. The van der Waals surface area contributed by atoms with Crippen molar-refractivity contribution in [3.63, 3.8) is 0 Å². The number of hydrogen-bond donors (Lipinski definition) is 4. The first-order valence-corrected chi connectivity index (χ1v) is 19.2. The van der Waals surface area contributed by atoms with Gasteiger partial charge in [-0.2, -0.15) is 0 Å². The van der Waals surface area contributed by atoms with Crippen LogP contribution in [-0.2, 0) is 23.9 Å². The highest BCUT2D eigenvalue weighted by molar-refractivity contribution is 5.88. The Kier molecular flexibility index (Phi) is 12.3. The zero-order valence-corrected chi connectivity index (χ0v) is 33.4. The maximum Gasteiger partial charge on any atom is 0.407 e. The Morgan fingerprint density at radius 3 is 1.56 bits per heavy atom. The second-order valence-electron chi connectivity index (χ2n) is 15.1. The first kappa shape index (κ1) is 40.5. The predicted octanol–water partition coefficient (Wildman–Crippen LogP) is 5.25. The van der Waals surface area contributed by atoms with Gasteiger partial charge in [0.05, 0.1) is 57.3 Å². The number of methoxy groups -OCH3 is 2. The number of benzene rings is 2. The maximum absolute atomic E-state index is 13.7. The van der Waals surface area contributed by atoms with Crippen LogP contribution in [0.5, 0.6) is 0 Å². The van der Waals surface area contributed by atoms with Crippen molar-refractivity contribution in [1.29, 1.82) is 0 Å². The van der Waals surface area contributed by atoms with E-state index in [9.17, 15) is 24.0 Å². The third kappa shape index (κ3) is 8.79. The van der Waals surface area contributed by atoms with Gasteiger partial charge in [-0.15, -0.1) is 0 Å². The van der Waals surface area contributed by atoms with Crippen LogP contribution < -0.4 is 10.6 Å². The lowest BCUT2D eigenvalue weighted by Gasteiger charge is -2.30. The summed E-state index contributed by atoms with van der Waals surface area (Å²) in [5.74, 6) is 0.247. The van der Waals surface area contributed by atoms with E-state index >= 15 is 0 Å². The minimum Gasteiger partial charge on any atom is -0.453 e. The van der Waals surface area contributed by atoms with Crippen molar-refractivity contribution in [3.05, 3.63) is 72.6 Å². The number of nitrogens with one attached hydrogen (secondary N) is 4. The largest absolute Gasteiger partial charge is 0.453 e. The lowest BCUT2D eigenvalue weighted by Crippen LogP contribution is -2.51. The van der Waals surface area contributed by atoms with Crippen LogP contribution in [0.25, 0.3) is 33.6 Å². The Balaban J connectivity index is 1.13. The molecule has 5 amide bonds. The predicted molar refractivity (Wildman–Crippen MR) is 211 cm³/mol. The molecule has 4 aromatic rings. The highest BCUT2D eigenvalue weighted by atomic mass is 16.5. The first-order valence-electron chi connectivity index (χ1n) is 19.2. The molecule has 0 aliphatic carbocycles. The summed E-state index contributed by atoms with van der Waals surface area (Å²) in [6, 6.07) is 13.9. The number of aromatic nitrogens is 4. The summed E-state index contributed by atoms with van der Waals surface area (Å²) in [7, 11) is 2.53. The van der Waals surface area contributed by atoms with Gasteiger partial charge in [0, 0.05) is 13.5 Å². The number of H-pyrrole nitrogens is 2. The highest BCUT2D eigenvalue weighted by Gasteiger charge is 2.42. The normalized spacial score (nSPS) is 17.8. The van der Waals surface area contributed by atoms with Crippen molar-refractivity contribution in [2.45, 2.75) is 71.6 Å². The Bertz CT molecular complexity index is 2080. The van der Waals surface area contributed by atoms with Crippen molar-refractivity contribution in [2.24, 2.45) is 11.8 Å². The van der Waals surface area contributed by atoms with E-state index < -0.39 is 30.3 Å². The van der Waals surface area contributed by atoms with Crippen LogP contribution in [0.3, 0.4) is 0 Å². The third-order valence-electron chi connectivity index (χ3n) is 10.7. The highest BCUT2D eigenvalue weighted by Crippen LogP contribution is 2.34. The van der Waals surface area contributed by atoms with Crippen LogP contribution in [0.4, 0.5) is 9.59 Å². The van der Waals surface area contributed by atoms with Crippen molar-refractivity contribution in [1.82, 2.24) is 45.3 Å². The number of ether oxygens (including phenoxy) is 2. The number of hydrogen-bond acceptors (Lipinski definition) is 9. The van der Waals surface area contributed by atoms with Gasteiger partial charge in [-0.25, -0.2) is 19.6 Å². The van der Waals surface area contributed by atoms with E-state index in [4.69, 9.17) is 9.47 Å². The second kappa shape index (κ2) is 17.3. The molecular formula is C41H51N9O7. The van der Waals surface area contributed by atoms with Gasteiger partial charge in [0.1, 0.15) is 29.8 Å². The summed E-state index contributed by atoms with van der Waals surface area (Å²) in [6.07, 6.45) is 3.76. The number of rotatable bonds is 11. The molecule has 0 saturated carbocycles. The molecule has 2 saturated heterocycles. The molecule has 2 aliphatic rings. The fraction of sp³-hybridized carbons (Fsp3) is 0.439. The SMILES string of the molecule is COC(=O)NC(C(=O)N1CCCC1c1ncc(-c2ccc(-c3ccc(-c4cnc(C5CN(C(C)=O)CN5C(=O)C(NC(=O)OC)C(C)C)[nH]4)cc3)cc2)[nH]1)C(C)C. The molecule has 4 atom stereocenters. The molecule has 2 fully saturated rings. The van der Waals surface area contributed by atoms with Gasteiger partial charge in [0.2, 0.25) is 17.7 Å². The standard InChI is InChI=1S/C41H51N9O7/c1-23(2)34(46-40(54)56-6)38(52)49-18-8-9-32(49)36-42-19-30(44-36)28-14-10-26(11-15-28)27-12-16-29(17-13-27)31-20-43-37(45-31)33-21-48(25(5)51)22-50(33)39(53)35(24(3)4)47-41(55)57-7/h10-17,19-20,23-24,32-35H,8-9,18,21-22H2,1-7H3,(H,42,44)(H,43,45)(H,46,54)(H,47,55). The molecule has 4 heterocycles. The second-order valence-corrected chi connectivity index (χ2v) is 15.1. The Hall–Kier alpha value is -6.19. The number of amides is 5. The van der Waals surface area contributed by atoms with E-state index in [1.807, 2.05) is 76.2 Å². The number of likely N-dealkylation sites (tertiary alicyclic amines) is 1. The Labute approximate surface area is 331 Å². The zero-order chi connectivity index (χ0) is 41.0. The molecule has 2 aliphatic heterocycles. The van der Waals surface area contributed by atoms with Gasteiger partial charge in [0.25, 0.3) is 0 Å². The third-order valence-corrected chi connectivity index (χ3v) is 10.7. The van der Waals surface area contributed by atoms with Crippen molar-refractivity contribution in [2.75, 3.05) is 34.0 Å². The summed E-state index contributed by atoms with van der Waals surface area (Å²) in [5, 5.41) is 5.32. The molecule has 4 unspecified atom stereocenters. The molecule has 2 aromatic carbocycles. The molecule has 0 radical (unpaired) electrons. The smallest absolute Gasteiger partial charge is 0.407 e. The van der Waals surface area contributed by atoms with Crippen LogP contribution in [0.2, 0.25) is 0 Å². The lowest BCUT2D eigenvalue weighted by atomic mass is 10.0. The number of carbonyl (C=O) groups is 5.